The molecule has 2 rings (SSSR count). The van der Waals surface area contributed by atoms with Gasteiger partial charge in [0.15, 0.2) is 18.0 Å². The number of hydrogen-bond donors (Lipinski definition) is 0. The van der Waals surface area contributed by atoms with Gasteiger partial charge in [0.05, 0.1) is 6.26 Å². The van der Waals surface area contributed by atoms with Gasteiger partial charge in [-0.2, -0.15) is 8.42 Å². The van der Waals surface area contributed by atoms with Crippen molar-refractivity contribution in [3.8, 4) is 0 Å². The smallest absolute Gasteiger partial charge is 0.338 e. The van der Waals surface area contributed by atoms with E-state index in [9.17, 15) is 13.2 Å². The molecule has 0 N–H and O–H groups in total. The number of carbonyl (C=O) groups is 1. The van der Waals surface area contributed by atoms with Gasteiger partial charge < -0.3 is 14.2 Å². The lowest BCUT2D eigenvalue weighted by atomic mass is 10.0. The van der Waals surface area contributed by atoms with E-state index in [0.29, 0.717) is 6.42 Å². The zero-order chi connectivity index (χ0) is 14.4. The van der Waals surface area contributed by atoms with Gasteiger partial charge in [0.1, 0.15) is 12.2 Å². The zero-order valence-electron chi connectivity index (χ0n) is 11.3. The molecule has 19 heavy (non-hydrogen) atoms. The Morgan fingerprint density at radius 2 is 2.00 bits per heavy atom. The highest BCUT2D eigenvalue weighted by Crippen LogP contribution is 2.38. The minimum Gasteiger partial charge on any atom is -0.455 e. The van der Waals surface area contributed by atoms with Crippen molar-refractivity contribution in [3.63, 3.8) is 0 Å². The van der Waals surface area contributed by atoms with E-state index in [1.54, 1.807) is 20.8 Å². The largest absolute Gasteiger partial charge is 0.455 e. The zero-order valence-corrected chi connectivity index (χ0v) is 12.1. The van der Waals surface area contributed by atoms with Crippen LogP contribution in [0.5, 0.6) is 0 Å². The predicted molar refractivity (Wildman–Crippen MR) is 63.7 cm³/mol. The minimum atomic E-state index is -3.64. The van der Waals surface area contributed by atoms with E-state index in [1.165, 1.54) is 0 Å². The first-order valence-electron chi connectivity index (χ1n) is 6.07. The van der Waals surface area contributed by atoms with Crippen LogP contribution >= 0.6 is 0 Å². The van der Waals surface area contributed by atoms with E-state index in [2.05, 4.69) is 0 Å². The molecule has 7 nitrogen and oxygen atoms in total. The molecule has 0 aliphatic carbocycles. The molecule has 0 aromatic rings. The van der Waals surface area contributed by atoms with E-state index < -0.39 is 46.3 Å². The normalized spacial score (nSPS) is 34.9. The topological polar surface area (TPSA) is 88.1 Å². The van der Waals surface area contributed by atoms with Crippen molar-refractivity contribution in [1.29, 1.82) is 0 Å². The molecule has 0 aromatic carbocycles. The van der Waals surface area contributed by atoms with E-state index in [4.69, 9.17) is 18.4 Å². The molecule has 2 fully saturated rings. The lowest BCUT2D eigenvalue weighted by Crippen LogP contribution is -2.40. The summed E-state index contributed by atoms with van der Waals surface area (Å²) in [6.07, 6.45) is -1.69. The van der Waals surface area contributed by atoms with Crippen LogP contribution in [0.3, 0.4) is 0 Å². The Balaban J connectivity index is 2.18. The SMILES string of the molecule is CC[C@H](OS(C)(=O)=O)[C@H]1OC(=O)[C@H]2OC(C)(C)O[C@@H]12. The molecule has 2 aliphatic rings. The lowest BCUT2D eigenvalue weighted by molar-refractivity contribution is -0.192. The number of esters is 1. The maximum atomic E-state index is 11.7. The quantitative estimate of drug-likeness (QED) is 0.540. The second kappa shape index (κ2) is 4.69. The summed E-state index contributed by atoms with van der Waals surface area (Å²) in [5.41, 5.74) is 0. The summed E-state index contributed by atoms with van der Waals surface area (Å²) in [7, 11) is -3.64. The molecule has 0 spiro atoms. The maximum Gasteiger partial charge on any atom is 0.338 e. The number of hydrogen-bond acceptors (Lipinski definition) is 7. The highest BCUT2D eigenvalue weighted by Gasteiger charge is 2.58. The fourth-order valence-electron chi connectivity index (χ4n) is 2.35. The molecule has 0 amide bonds. The third-order valence-corrected chi connectivity index (χ3v) is 3.60. The van der Waals surface area contributed by atoms with E-state index >= 15 is 0 Å². The van der Waals surface area contributed by atoms with Gasteiger partial charge in [-0.1, -0.05) is 6.92 Å². The molecule has 0 unspecified atom stereocenters. The molecule has 0 aromatic heterocycles. The third-order valence-electron chi connectivity index (χ3n) is 3.00. The Morgan fingerprint density at radius 1 is 1.37 bits per heavy atom. The Hall–Kier alpha value is -0.700. The van der Waals surface area contributed by atoms with Crippen LogP contribution in [0.1, 0.15) is 27.2 Å². The fourth-order valence-corrected chi connectivity index (χ4v) is 3.04. The van der Waals surface area contributed by atoms with Gasteiger partial charge in [-0.05, 0) is 20.3 Å². The molecule has 0 radical (unpaired) electrons. The molecule has 2 heterocycles. The van der Waals surface area contributed by atoms with Crippen LogP contribution in [0.15, 0.2) is 0 Å². The first-order chi connectivity index (χ1) is 8.63. The maximum absolute atomic E-state index is 11.7. The van der Waals surface area contributed by atoms with Crippen molar-refractivity contribution in [1.82, 2.24) is 0 Å². The molecular weight excluding hydrogens is 276 g/mol. The van der Waals surface area contributed by atoms with Gasteiger partial charge >= 0.3 is 5.97 Å². The molecule has 8 heteroatoms. The number of cyclic esters (lactones) is 1. The van der Waals surface area contributed by atoms with Gasteiger partial charge in [0, 0.05) is 0 Å². The van der Waals surface area contributed by atoms with Crippen LogP contribution in [0.4, 0.5) is 0 Å². The molecular formula is C11H18O7S. The summed E-state index contributed by atoms with van der Waals surface area (Å²) in [5.74, 6) is -1.44. The van der Waals surface area contributed by atoms with Crippen LogP contribution < -0.4 is 0 Å². The summed E-state index contributed by atoms with van der Waals surface area (Å²) in [5, 5.41) is 0. The highest BCUT2D eigenvalue weighted by molar-refractivity contribution is 7.86. The molecule has 2 saturated heterocycles. The Morgan fingerprint density at radius 3 is 2.53 bits per heavy atom. The number of carbonyl (C=O) groups excluding carboxylic acids is 1. The average Bonchev–Trinajstić information content (AvgIpc) is 2.70. The van der Waals surface area contributed by atoms with Gasteiger partial charge in [0.2, 0.25) is 0 Å². The Bertz CT molecular complexity index is 469. The fraction of sp³-hybridized carbons (Fsp3) is 0.909. The van der Waals surface area contributed by atoms with Gasteiger partial charge in [-0.25, -0.2) is 4.79 Å². The summed E-state index contributed by atoms with van der Waals surface area (Å²) in [6.45, 7) is 5.13. The van der Waals surface area contributed by atoms with Crippen molar-refractivity contribution in [2.75, 3.05) is 6.26 Å². The Kier molecular flexibility index (Phi) is 3.63. The number of rotatable bonds is 4. The molecule has 0 bridgehead atoms. The van der Waals surface area contributed by atoms with Gasteiger partial charge in [-0.15, -0.1) is 0 Å². The van der Waals surface area contributed by atoms with Crippen LogP contribution in [-0.2, 0) is 33.3 Å². The minimum absolute atomic E-state index is 0.373. The van der Waals surface area contributed by atoms with Crippen molar-refractivity contribution < 1.29 is 31.6 Å². The van der Waals surface area contributed by atoms with E-state index in [0.717, 1.165) is 6.26 Å². The van der Waals surface area contributed by atoms with Crippen LogP contribution in [0, 0.1) is 0 Å². The van der Waals surface area contributed by atoms with Gasteiger partial charge in [-0.3, -0.25) is 4.18 Å². The van der Waals surface area contributed by atoms with Gasteiger partial charge in [0.25, 0.3) is 10.1 Å². The summed E-state index contributed by atoms with van der Waals surface area (Å²) in [4.78, 5) is 11.7. The molecule has 110 valence electrons. The van der Waals surface area contributed by atoms with Crippen molar-refractivity contribution >= 4 is 16.1 Å². The van der Waals surface area contributed by atoms with Crippen molar-refractivity contribution in [2.24, 2.45) is 0 Å². The number of fused-ring (bicyclic) bond motifs is 1. The predicted octanol–water partition coefficient (Wildman–Crippen LogP) is 0.187. The summed E-state index contributed by atoms with van der Waals surface area (Å²) in [6, 6.07) is 0. The summed E-state index contributed by atoms with van der Waals surface area (Å²) < 4.78 is 43.6. The van der Waals surface area contributed by atoms with Crippen LogP contribution in [-0.4, -0.2) is 50.8 Å². The monoisotopic (exact) mass is 294 g/mol. The Labute approximate surface area is 112 Å². The van der Waals surface area contributed by atoms with Crippen molar-refractivity contribution in [2.45, 2.75) is 57.4 Å². The highest BCUT2D eigenvalue weighted by atomic mass is 32.2. The third kappa shape index (κ3) is 3.07. The molecule has 2 aliphatic heterocycles. The van der Waals surface area contributed by atoms with E-state index in [-0.39, 0.29) is 0 Å². The standard InChI is InChI=1S/C11H18O7S/c1-5-6(18-19(4,13)14)7-8-9(10(12)15-7)17-11(2,3)16-8/h6-9H,5H2,1-4H3/t6-,7+,8-,9-/m0/s1. The van der Waals surface area contributed by atoms with Crippen molar-refractivity contribution in [3.05, 3.63) is 0 Å². The first-order valence-corrected chi connectivity index (χ1v) is 7.89. The second-order valence-corrected chi connectivity index (χ2v) is 6.77. The molecule has 4 atom stereocenters. The number of ether oxygens (including phenoxy) is 3. The molecule has 0 saturated carbocycles. The first kappa shape index (κ1) is 14.7. The average molecular weight is 294 g/mol. The van der Waals surface area contributed by atoms with E-state index in [1.807, 2.05) is 0 Å². The second-order valence-electron chi connectivity index (χ2n) is 5.17. The van der Waals surface area contributed by atoms with Crippen LogP contribution in [0.2, 0.25) is 0 Å². The van der Waals surface area contributed by atoms with Crippen LogP contribution in [0.25, 0.3) is 0 Å². The summed E-state index contributed by atoms with van der Waals surface area (Å²) >= 11 is 0. The lowest BCUT2D eigenvalue weighted by Gasteiger charge is -2.25.